The van der Waals surface area contributed by atoms with E-state index in [0.29, 0.717) is 18.4 Å². The molecule has 0 aliphatic carbocycles. The quantitative estimate of drug-likeness (QED) is 0.869. The van der Waals surface area contributed by atoms with Gasteiger partial charge < -0.3 is 14.8 Å². The zero-order chi connectivity index (χ0) is 17.7. The third kappa shape index (κ3) is 4.87. The number of benzene rings is 1. The van der Waals surface area contributed by atoms with Crippen molar-refractivity contribution in [3.8, 4) is 11.5 Å². The number of rotatable bonds is 6. The zero-order valence-electron chi connectivity index (χ0n) is 15.5. The van der Waals surface area contributed by atoms with Gasteiger partial charge in [-0.3, -0.25) is 9.69 Å². The van der Waals surface area contributed by atoms with Gasteiger partial charge in [0.15, 0.2) is 0 Å². The predicted octanol–water partition coefficient (Wildman–Crippen LogP) is 2.86. The summed E-state index contributed by atoms with van der Waals surface area (Å²) in [7, 11) is 3.27. The van der Waals surface area contributed by atoms with Gasteiger partial charge in [-0.15, -0.1) is 0 Å². The minimum atomic E-state index is -0.137. The molecule has 1 saturated heterocycles. The van der Waals surface area contributed by atoms with E-state index in [1.807, 2.05) is 25.1 Å². The Morgan fingerprint density at radius 2 is 1.92 bits per heavy atom. The largest absolute Gasteiger partial charge is 0.497 e. The number of nitrogens with zero attached hydrogens (tertiary/aromatic N) is 1. The van der Waals surface area contributed by atoms with Crippen LogP contribution in [0.15, 0.2) is 18.2 Å². The molecule has 0 spiro atoms. The fourth-order valence-electron chi connectivity index (χ4n) is 3.67. The van der Waals surface area contributed by atoms with Crippen LogP contribution >= 0.6 is 0 Å². The van der Waals surface area contributed by atoms with E-state index in [0.717, 1.165) is 30.2 Å². The maximum absolute atomic E-state index is 12.4. The van der Waals surface area contributed by atoms with Crippen molar-refractivity contribution in [3.05, 3.63) is 23.8 Å². The highest BCUT2D eigenvalue weighted by Crippen LogP contribution is 2.29. The molecule has 5 heteroatoms. The number of nitrogens with one attached hydrogen (secondary N) is 1. The van der Waals surface area contributed by atoms with Gasteiger partial charge in [0, 0.05) is 18.7 Å². The summed E-state index contributed by atoms with van der Waals surface area (Å²) in [5.41, 5.74) is 0.922. The number of carbonyl (C=O) groups is 1. The van der Waals surface area contributed by atoms with Crippen LogP contribution < -0.4 is 14.8 Å². The fourth-order valence-corrected chi connectivity index (χ4v) is 3.67. The SMILES string of the molecule is COc1ccc(OC)c(C(C)NC(=O)CN2CC(C)CC(C)C2)c1. The highest BCUT2D eigenvalue weighted by molar-refractivity contribution is 5.78. The van der Waals surface area contributed by atoms with Crippen LogP contribution in [0.25, 0.3) is 0 Å². The van der Waals surface area contributed by atoms with Crippen LogP contribution in [-0.2, 0) is 4.79 Å². The van der Waals surface area contributed by atoms with Crippen molar-refractivity contribution in [2.75, 3.05) is 33.9 Å². The van der Waals surface area contributed by atoms with Crippen molar-refractivity contribution in [3.63, 3.8) is 0 Å². The maximum atomic E-state index is 12.4. The van der Waals surface area contributed by atoms with Crippen molar-refractivity contribution >= 4 is 5.91 Å². The number of likely N-dealkylation sites (tertiary alicyclic amines) is 1. The summed E-state index contributed by atoms with van der Waals surface area (Å²) in [5, 5.41) is 3.08. The summed E-state index contributed by atoms with van der Waals surface area (Å²) in [6.07, 6.45) is 1.25. The van der Waals surface area contributed by atoms with Crippen LogP contribution in [0.3, 0.4) is 0 Å². The average molecular weight is 334 g/mol. The first-order chi connectivity index (χ1) is 11.4. The molecule has 3 atom stereocenters. The van der Waals surface area contributed by atoms with E-state index in [-0.39, 0.29) is 11.9 Å². The van der Waals surface area contributed by atoms with Gasteiger partial charge in [0.05, 0.1) is 26.8 Å². The molecule has 3 unspecified atom stereocenters. The Labute approximate surface area is 145 Å². The lowest BCUT2D eigenvalue weighted by Crippen LogP contribution is -2.44. The molecule has 1 aromatic rings. The normalized spacial score (nSPS) is 22.7. The van der Waals surface area contributed by atoms with Gasteiger partial charge in [-0.25, -0.2) is 0 Å². The second-order valence-corrected chi connectivity index (χ2v) is 7.04. The molecule has 1 fully saturated rings. The van der Waals surface area contributed by atoms with Crippen LogP contribution in [-0.4, -0.2) is 44.7 Å². The number of amides is 1. The molecule has 0 aromatic heterocycles. The molecule has 1 aromatic carbocycles. The van der Waals surface area contributed by atoms with E-state index in [9.17, 15) is 4.79 Å². The van der Waals surface area contributed by atoms with E-state index >= 15 is 0 Å². The summed E-state index contributed by atoms with van der Waals surface area (Å²) in [6, 6.07) is 5.50. The highest BCUT2D eigenvalue weighted by Gasteiger charge is 2.24. The molecule has 0 saturated carbocycles. The summed E-state index contributed by atoms with van der Waals surface area (Å²) in [5.74, 6) is 2.86. The van der Waals surface area contributed by atoms with Crippen molar-refractivity contribution in [1.82, 2.24) is 10.2 Å². The average Bonchev–Trinajstić information content (AvgIpc) is 2.52. The van der Waals surface area contributed by atoms with Crippen LogP contribution in [0.2, 0.25) is 0 Å². The van der Waals surface area contributed by atoms with Crippen LogP contribution in [0, 0.1) is 11.8 Å². The molecule has 1 heterocycles. The molecule has 1 aliphatic rings. The molecular weight excluding hydrogens is 304 g/mol. The van der Waals surface area contributed by atoms with E-state index in [1.54, 1.807) is 14.2 Å². The number of hydrogen-bond acceptors (Lipinski definition) is 4. The second-order valence-electron chi connectivity index (χ2n) is 7.04. The number of carbonyl (C=O) groups excluding carboxylic acids is 1. The Bertz CT molecular complexity index is 552. The lowest BCUT2D eigenvalue weighted by Gasteiger charge is -2.34. The summed E-state index contributed by atoms with van der Waals surface area (Å²) in [4.78, 5) is 14.7. The fraction of sp³-hybridized carbons (Fsp3) is 0.632. The van der Waals surface area contributed by atoms with Crippen molar-refractivity contribution in [1.29, 1.82) is 0 Å². The molecule has 5 nitrogen and oxygen atoms in total. The standard InChI is InChI=1S/C19H30N2O3/c1-13-8-14(2)11-21(10-13)12-19(22)20-15(3)17-9-16(23-4)6-7-18(17)24-5/h6-7,9,13-15H,8,10-12H2,1-5H3,(H,20,22). The van der Waals surface area contributed by atoms with Gasteiger partial charge in [0.25, 0.3) is 0 Å². The molecular formula is C19H30N2O3. The molecule has 24 heavy (non-hydrogen) atoms. The van der Waals surface area contributed by atoms with E-state index < -0.39 is 0 Å². The molecule has 1 aliphatic heterocycles. The van der Waals surface area contributed by atoms with Crippen LogP contribution in [0.1, 0.15) is 38.8 Å². The Balaban J connectivity index is 1.98. The van der Waals surface area contributed by atoms with Gasteiger partial charge in [-0.1, -0.05) is 13.8 Å². The monoisotopic (exact) mass is 334 g/mol. The minimum absolute atomic E-state index is 0.0497. The molecule has 2 rings (SSSR count). The Kier molecular flexibility index (Phi) is 6.49. The van der Waals surface area contributed by atoms with E-state index in [1.165, 1.54) is 6.42 Å². The topological polar surface area (TPSA) is 50.8 Å². The van der Waals surface area contributed by atoms with Crippen LogP contribution in [0.5, 0.6) is 11.5 Å². The molecule has 134 valence electrons. The minimum Gasteiger partial charge on any atom is -0.497 e. The van der Waals surface area contributed by atoms with Gasteiger partial charge >= 0.3 is 0 Å². The Hall–Kier alpha value is -1.75. The summed E-state index contributed by atoms with van der Waals surface area (Å²) >= 11 is 0. The van der Waals surface area contributed by atoms with Crippen molar-refractivity contribution < 1.29 is 14.3 Å². The summed E-state index contributed by atoms with van der Waals surface area (Å²) in [6.45, 7) is 8.92. The maximum Gasteiger partial charge on any atom is 0.234 e. The number of ether oxygens (including phenoxy) is 2. The van der Waals surface area contributed by atoms with Gasteiger partial charge in [-0.05, 0) is 43.4 Å². The first kappa shape index (κ1) is 18.6. The molecule has 0 bridgehead atoms. The van der Waals surface area contributed by atoms with Gasteiger partial charge in [-0.2, -0.15) is 0 Å². The van der Waals surface area contributed by atoms with Gasteiger partial charge in [0.2, 0.25) is 5.91 Å². The van der Waals surface area contributed by atoms with E-state index in [2.05, 4.69) is 24.1 Å². The van der Waals surface area contributed by atoms with Gasteiger partial charge in [0.1, 0.15) is 11.5 Å². The number of methoxy groups -OCH3 is 2. The lowest BCUT2D eigenvalue weighted by molar-refractivity contribution is -0.123. The van der Waals surface area contributed by atoms with E-state index in [4.69, 9.17) is 9.47 Å². The predicted molar refractivity (Wildman–Crippen MR) is 95.5 cm³/mol. The zero-order valence-corrected chi connectivity index (χ0v) is 15.5. The Morgan fingerprint density at radius 1 is 1.25 bits per heavy atom. The number of hydrogen-bond donors (Lipinski definition) is 1. The smallest absolute Gasteiger partial charge is 0.234 e. The van der Waals surface area contributed by atoms with Crippen molar-refractivity contribution in [2.45, 2.75) is 33.2 Å². The first-order valence-corrected chi connectivity index (χ1v) is 8.66. The first-order valence-electron chi connectivity index (χ1n) is 8.66. The molecule has 1 amide bonds. The second kappa shape index (κ2) is 8.38. The van der Waals surface area contributed by atoms with Crippen molar-refractivity contribution in [2.24, 2.45) is 11.8 Å². The summed E-state index contributed by atoms with van der Waals surface area (Å²) < 4.78 is 10.7. The third-order valence-corrected chi connectivity index (χ3v) is 4.59. The Morgan fingerprint density at radius 3 is 2.50 bits per heavy atom. The van der Waals surface area contributed by atoms with Crippen LogP contribution in [0.4, 0.5) is 0 Å². The molecule has 1 N–H and O–H groups in total. The highest BCUT2D eigenvalue weighted by atomic mass is 16.5. The molecule has 0 radical (unpaired) electrons. The lowest BCUT2D eigenvalue weighted by atomic mass is 9.92. The third-order valence-electron chi connectivity index (χ3n) is 4.59. The number of piperidine rings is 1.